The molecule has 0 saturated carbocycles. The molecule has 9 nitrogen and oxygen atoms in total. The van der Waals surface area contributed by atoms with E-state index in [0.29, 0.717) is 23.9 Å². The highest BCUT2D eigenvalue weighted by molar-refractivity contribution is 7.47. The molecule has 2 N–H and O–H groups in total. The van der Waals surface area contributed by atoms with Crippen LogP contribution in [0.25, 0.3) is 0 Å². The van der Waals surface area contributed by atoms with Crippen molar-refractivity contribution in [2.45, 2.75) is 328 Å². The quantitative estimate of drug-likeness (QED) is 0.0205. The third-order valence-electron chi connectivity index (χ3n) is 15.0. The summed E-state index contributed by atoms with van der Waals surface area (Å²) in [5, 5.41) is 3.06. The van der Waals surface area contributed by atoms with Crippen molar-refractivity contribution in [3.63, 3.8) is 0 Å². The number of nitrogens with one attached hydrogen (secondary N) is 1. The Kier molecular flexibility index (Phi) is 57.2. The van der Waals surface area contributed by atoms with Crippen molar-refractivity contribution >= 4 is 19.7 Å². The average molecular weight is 1130 g/mol. The van der Waals surface area contributed by atoms with Gasteiger partial charge in [-0.15, -0.1) is 0 Å². The summed E-state index contributed by atoms with van der Waals surface area (Å²) >= 11 is 0. The van der Waals surface area contributed by atoms with Gasteiger partial charge in [0.25, 0.3) is 0 Å². The van der Waals surface area contributed by atoms with E-state index in [4.69, 9.17) is 13.8 Å². The number of amides is 1. The van der Waals surface area contributed by atoms with Gasteiger partial charge in [0.1, 0.15) is 19.3 Å². The molecular weight excluding hydrogens is 1000 g/mol. The van der Waals surface area contributed by atoms with Crippen LogP contribution >= 0.6 is 7.82 Å². The number of carbonyl (C=O) groups excluding carboxylic acids is 2. The van der Waals surface area contributed by atoms with Crippen LogP contribution in [0.1, 0.15) is 316 Å². The smallest absolute Gasteiger partial charge is 0.456 e. The first-order valence-electron chi connectivity index (χ1n) is 33.6. The third-order valence-corrected chi connectivity index (χ3v) is 15.9. The van der Waals surface area contributed by atoms with E-state index < -0.39 is 20.0 Å². The monoisotopic (exact) mass is 1130 g/mol. The van der Waals surface area contributed by atoms with Crippen molar-refractivity contribution in [1.29, 1.82) is 0 Å². The Bertz CT molecular complexity index is 1540. The fourth-order valence-electron chi connectivity index (χ4n) is 9.75. The van der Waals surface area contributed by atoms with Gasteiger partial charge in [0.05, 0.1) is 33.8 Å². The topological polar surface area (TPSA) is 111 Å². The highest BCUT2D eigenvalue weighted by atomic mass is 31.2. The third kappa shape index (κ3) is 60.1. The second-order valence-electron chi connectivity index (χ2n) is 24.0. The Morgan fingerprint density at radius 1 is 0.443 bits per heavy atom. The molecule has 10 heteroatoms. The van der Waals surface area contributed by atoms with E-state index in [-0.39, 0.29) is 25.1 Å². The Labute approximate surface area is 490 Å². The number of phosphoric ester groups is 1. The molecule has 0 saturated heterocycles. The Morgan fingerprint density at radius 3 is 1.18 bits per heavy atom. The van der Waals surface area contributed by atoms with Crippen LogP contribution in [0.15, 0.2) is 60.8 Å². The summed E-state index contributed by atoms with van der Waals surface area (Å²) < 4.78 is 30.8. The maximum atomic E-state index is 13.6. The van der Waals surface area contributed by atoms with Gasteiger partial charge in [-0.3, -0.25) is 18.6 Å². The van der Waals surface area contributed by atoms with Crippen molar-refractivity contribution in [3.8, 4) is 0 Å². The van der Waals surface area contributed by atoms with Crippen LogP contribution in [0.4, 0.5) is 0 Å². The van der Waals surface area contributed by atoms with Crippen molar-refractivity contribution < 1.29 is 37.3 Å². The van der Waals surface area contributed by atoms with Gasteiger partial charge in [-0.05, 0) is 76.7 Å². The van der Waals surface area contributed by atoms with Crippen LogP contribution in [0, 0.1) is 0 Å². The van der Waals surface area contributed by atoms with Crippen LogP contribution in [0.2, 0.25) is 0 Å². The second-order valence-corrected chi connectivity index (χ2v) is 25.5. The largest absolute Gasteiger partial charge is 0.472 e. The number of ether oxygens (including phenoxy) is 1. The van der Waals surface area contributed by atoms with Gasteiger partial charge in [0, 0.05) is 12.8 Å². The van der Waals surface area contributed by atoms with Gasteiger partial charge < -0.3 is 19.4 Å². The normalized spacial score (nSPS) is 14.0. The fourth-order valence-corrected chi connectivity index (χ4v) is 10.5. The fraction of sp³-hybridized carbons (Fsp3) is 0.826. The lowest BCUT2D eigenvalue weighted by molar-refractivity contribution is -0.870. The van der Waals surface area contributed by atoms with Crippen LogP contribution in [0.3, 0.4) is 0 Å². The Balaban J connectivity index is 5.13. The van der Waals surface area contributed by atoms with Crippen LogP contribution in [-0.2, 0) is 27.9 Å². The van der Waals surface area contributed by atoms with E-state index >= 15 is 0 Å². The molecule has 0 spiro atoms. The number of allylic oxidation sites excluding steroid dienone is 9. The first-order chi connectivity index (χ1) is 38.4. The number of hydrogen-bond donors (Lipinski definition) is 2. The summed E-state index contributed by atoms with van der Waals surface area (Å²) in [6, 6.07) is -0.854. The van der Waals surface area contributed by atoms with E-state index in [1.807, 2.05) is 33.3 Å². The number of rotatable bonds is 61. The van der Waals surface area contributed by atoms with Gasteiger partial charge in [0.2, 0.25) is 5.91 Å². The molecule has 3 unspecified atom stereocenters. The lowest BCUT2D eigenvalue weighted by atomic mass is 10.0. The summed E-state index contributed by atoms with van der Waals surface area (Å²) in [4.78, 5) is 37.8. The minimum Gasteiger partial charge on any atom is -0.456 e. The molecule has 0 aromatic rings. The van der Waals surface area contributed by atoms with Crippen molar-refractivity contribution in [2.75, 3.05) is 40.9 Å². The maximum absolute atomic E-state index is 13.6. The van der Waals surface area contributed by atoms with Gasteiger partial charge in [0.15, 0.2) is 0 Å². The first-order valence-corrected chi connectivity index (χ1v) is 35.1. The summed E-state index contributed by atoms with van der Waals surface area (Å²) in [5.41, 5.74) is 0. The number of hydrogen-bond acceptors (Lipinski definition) is 6. The molecule has 0 fully saturated rings. The molecular formula is C69H130N2O7P+. The van der Waals surface area contributed by atoms with Gasteiger partial charge in [-0.1, -0.05) is 287 Å². The van der Waals surface area contributed by atoms with E-state index in [9.17, 15) is 19.0 Å². The standard InChI is InChI=1S/C69H129N2O7P/c1-7-10-13-16-19-22-25-27-29-31-33-34-35-36-38-39-41-43-46-49-52-55-58-61-68(72)70-66(65-77-79(74,75)76-64-63-71(4,5)6)67(60-57-54-51-48-45-24-21-18-15-12-9-3)78-69(73)62-59-56-53-50-47-44-42-40-37-32-30-28-26-23-20-17-14-11-8-2/h19,22,27,29,33-34,36,38,57,60,66-67H,7-18,20-21,23-26,28,30-32,35,37,39-56,58-59,61-65H2,1-6H3,(H-,70,72,74,75)/p+1/b22-19-,29-27-,34-33-,38-36-,60-57+. The molecule has 3 atom stereocenters. The van der Waals surface area contributed by atoms with Crippen LogP contribution < -0.4 is 5.32 Å². The molecule has 0 bridgehead atoms. The molecule has 79 heavy (non-hydrogen) atoms. The minimum absolute atomic E-state index is 0.0379. The summed E-state index contributed by atoms with van der Waals surface area (Å²) in [7, 11) is 1.49. The average Bonchev–Trinajstić information content (AvgIpc) is 3.41. The summed E-state index contributed by atoms with van der Waals surface area (Å²) in [6.45, 7) is 7.01. The van der Waals surface area contributed by atoms with Gasteiger partial charge in [-0.2, -0.15) is 0 Å². The number of likely N-dealkylation sites (N-methyl/N-ethyl adjacent to an activating group) is 1. The zero-order chi connectivity index (χ0) is 57.9. The van der Waals surface area contributed by atoms with Gasteiger partial charge in [-0.25, -0.2) is 4.57 Å². The molecule has 0 rings (SSSR count). The SMILES string of the molecule is CCCCC/C=C\C/C=C\C/C=C\C/C=C\CCCCCCCCCC(=O)NC(COP(=O)(O)OCC[N+](C)(C)C)C(/C=C/CCCCCCCCCCC)OC(=O)CCCCCCCCCCCCCCCCCCCCC. The van der Waals surface area contributed by atoms with Crippen molar-refractivity contribution in [2.24, 2.45) is 0 Å². The zero-order valence-corrected chi connectivity index (χ0v) is 53.8. The predicted molar refractivity (Wildman–Crippen MR) is 342 cm³/mol. The Morgan fingerprint density at radius 2 is 0.772 bits per heavy atom. The lowest BCUT2D eigenvalue weighted by Crippen LogP contribution is -2.47. The minimum atomic E-state index is -4.45. The molecule has 0 radical (unpaired) electrons. The maximum Gasteiger partial charge on any atom is 0.472 e. The highest BCUT2D eigenvalue weighted by Gasteiger charge is 2.30. The lowest BCUT2D eigenvalue weighted by Gasteiger charge is -2.27. The molecule has 0 aliphatic heterocycles. The van der Waals surface area contributed by atoms with Crippen molar-refractivity contribution in [3.05, 3.63) is 60.8 Å². The number of esters is 1. The van der Waals surface area contributed by atoms with E-state index in [1.54, 1.807) is 0 Å². The van der Waals surface area contributed by atoms with Gasteiger partial charge >= 0.3 is 13.8 Å². The molecule has 462 valence electrons. The predicted octanol–water partition coefficient (Wildman–Crippen LogP) is 21.0. The van der Waals surface area contributed by atoms with Crippen LogP contribution in [0.5, 0.6) is 0 Å². The molecule has 0 aliphatic rings. The number of nitrogens with zero attached hydrogens (tertiary/aromatic N) is 1. The second kappa shape index (κ2) is 58.9. The van der Waals surface area contributed by atoms with Crippen molar-refractivity contribution in [1.82, 2.24) is 5.32 Å². The summed E-state index contributed by atoms with van der Waals surface area (Å²) in [5.74, 6) is -0.506. The summed E-state index contributed by atoms with van der Waals surface area (Å²) in [6.07, 6.45) is 75.1. The number of unbranched alkanes of at least 4 members (excludes halogenated alkanes) is 37. The number of quaternary nitrogens is 1. The zero-order valence-electron chi connectivity index (χ0n) is 52.9. The van der Waals surface area contributed by atoms with E-state index in [2.05, 4.69) is 74.7 Å². The Hall–Kier alpha value is -2.29. The van der Waals surface area contributed by atoms with E-state index in [1.165, 1.54) is 193 Å². The molecule has 0 aliphatic carbocycles. The highest BCUT2D eigenvalue weighted by Crippen LogP contribution is 2.43. The number of carbonyl (C=O) groups is 2. The number of phosphoric acid groups is 1. The molecule has 0 heterocycles. The molecule has 1 amide bonds. The molecule has 0 aromatic heterocycles. The molecule has 0 aromatic carbocycles. The van der Waals surface area contributed by atoms with Crippen LogP contribution in [-0.4, -0.2) is 74.3 Å². The van der Waals surface area contributed by atoms with E-state index in [0.717, 1.165) is 89.9 Å². The first kappa shape index (κ1) is 76.7.